The van der Waals surface area contributed by atoms with E-state index in [0.29, 0.717) is 32.2 Å². The fourth-order valence-electron chi connectivity index (χ4n) is 4.04. The molecule has 0 aromatic heterocycles. The van der Waals surface area contributed by atoms with Crippen LogP contribution >= 0.6 is 0 Å². The minimum atomic E-state index is -3.69. The summed E-state index contributed by atoms with van der Waals surface area (Å²) in [6, 6.07) is 7.16. The Hall–Kier alpha value is -1.48. The molecule has 7 nitrogen and oxygen atoms in total. The molecule has 2 aliphatic heterocycles. The highest BCUT2D eigenvalue weighted by Crippen LogP contribution is 2.22. The van der Waals surface area contributed by atoms with Crippen LogP contribution in [-0.4, -0.2) is 75.5 Å². The van der Waals surface area contributed by atoms with Crippen LogP contribution in [0.15, 0.2) is 29.2 Å². The van der Waals surface area contributed by atoms with Gasteiger partial charge in [-0.25, -0.2) is 8.42 Å². The molecular formula is C22H35N3O4S. The predicted molar refractivity (Wildman–Crippen MR) is 117 cm³/mol. The predicted octanol–water partition coefficient (Wildman–Crippen LogP) is 1.88. The van der Waals surface area contributed by atoms with E-state index in [1.54, 1.807) is 12.1 Å². The molecule has 1 atom stereocenters. The van der Waals surface area contributed by atoms with Crippen molar-refractivity contribution in [3.63, 3.8) is 0 Å². The smallest absolute Gasteiger partial charge is 0.243 e. The molecule has 2 fully saturated rings. The van der Waals surface area contributed by atoms with Crippen molar-refractivity contribution in [1.29, 1.82) is 0 Å². The van der Waals surface area contributed by atoms with Gasteiger partial charge in [0.15, 0.2) is 0 Å². The average molecular weight is 438 g/mol. The van der Waals surface area contributed by atoms with Crippen LogP contribution in [0.2, 0.25) is 0 Å². The maximum absolute atomic E-state index is 13.4. The number of rotatable bonds is 9. The SMILES string of the molecule is CC(C)Cc1ccc(S(=O)(=O)N(CCC(=O)N2CCNCC2)C[C@@H]2CCCO2)cc1. The Balaban J connectivity index is 1.71. The second kappa shape index (κ2) is 10.7. The number of amides is 1. The zero-order chi connectivity index (χ0) is 21.6. The summed E-state index contributed by atoms with van der Waals surface area (Å²) < 4.78 is 33.9. The Morgan fingerprint density at radius 3 is 2.53 bits per heavy atom. The van der Waals surface area contributed by atoms with Crippen LogP contribution in [0.5, 0.6) is 0 Å². The van der Waals surface area contributed by atoms with E-state index < -0.39 is 10.0 Å². The Morgan fingerprint density at radius 1 is 1.23 bits per heavy atom. The van der Waals surface area contributed by atoms with Crippen molar-refractivity contribution in [3.8, 4) is 0 Å². The summed E-state index contributed by atoms with van der Waals surface area (Å²) in [5, 5.41) is 3.23. The average Bonchev–Trinajstić information content (AvgIpc) is 3.24. The largest absolute Gasteiger partial charge is 0.377 e. The molecule has 0 aliphatic carbocycles. The molecule has 0 spiro atoms. The van der Waals surface area contributed by atoms with Crippen molar-refractivity contribution < 1.29 is 17.9 Å². The molecule has 0 saturated carbocycles. The Labute approximate surface area is 180 Å². The highest BCUT2D eigenvalue weighted by atomic mass is 32.2. The lowest BCUT2D eigenvalue weighted by Crippen LogP contribution is -2.47. The second-order valence-electron chi connectivity index (χ2n) is 8.62. The van der Waals surface area contributed by atoms with E-state index in [2.05, 4.69) is 19.2 Å². The zero-order valence-corrected chi connectivity index (χ0v) is 19.0. The van der Waals surface area contributed by atoms with Gasteiger partial charge in [0.05, 0.1) is 11.0 Å². The van der Waals surface area contributed by atoms with Crippen molar-refractivity contribution in [1.82, 2.24) is 14.5 Å². The molecule has 0 unspecified atom stereocenters. The number of hydrogen-bond donors (Lipinski definition) is 1. The standard InChI is InChI=1S/C22H35N3O4S/c1-18(2)16-19-5-7-21(8-6-19)30(27,28)25(17-20-4-3-15-29-20)12-9-22(26)24-13-10-23-11-14-24/h5-8,18,20,23H,3-4,9-17H2,1-2H3/t20-/m0/s1. The Bertz CT molecular complexity index is 783. The maximum atomic E-state index is 13.4. The number of carbonyl (C=O) groups excluding carboxylic acids is 1. The van der Waals surface area contributed by atoms with Gasteiger partial charge < -0.3 is 15.0 Å². The van der Waals surface area contributed by atoms with Gasteiger partial charge in [-0.05, 0) is 42.9 Å². The first-order valence-corrected chi connectivity index (χ1v) is 12.5. The summed E-state index contributed by atoms with van der Waals surface area (Å²) in [6.45, 7) is 8.35. The third-order valence-electron chi connectivity index (χ3n) is 5.68. The van der Waals surface area contributed by atoms with Crippen LogP contribution in [0.25, 0.3) is 0 Å². The molecule has 1 aromatic carbocycles. The van der Waals surface area contributed by atoms with Crippen molar-refractivity contribution in [2.24, 2.45) is 5.92 Å². The minimum absolute atomic E-state index is 0.0105. The zero-order valence-electron chi connectivity index (χ0n) is 18.2. The van der Waals surface area contributed by atoms with Crippen molar-refractivity contribution in [3.05, 3.63) is 29.8 Å². The van der Waals surface area contributed by atoms with E-state index in [1.807, 2.05) is 17.0 Å². The summed E-state index contributed by atoms with van der Waals surface area (Å²) in [5.41, 5.74) is 1.13. The quantitative estimate of drug-likeness (QED) is 0.638. The minimum Gasteiger partial charge on any atom is -0.377 e. The Kier molecular flexibility index (Phi) is 8.27. The van der Waals surface area contributed by atoms with Gasteiger partial charge in [0.25, 0.3) is 0 Å². The molecule has 8 heteroatoms. The number of hydrogen-bond acceptors (Lipinski definition) is 5. The van der Waals surface area contributed by atoms with Gasteiger partial charge in [-0.15, -0.1) is 0 Å². The van der Waals surface area contributed by atoms with Crippen LogP contribution in [0.1, 0.15) is 38.7 Å². The summed E-state index contributed by atoms with van der Waals surface area (Å²) in [7, 11) is -3.69. The number of ether oxygens (including phenoxy) is 1. The number of nitrogens with zero attached hydrogens (tertiary/aromatic N) is 2. The van der Waals surface area contributed by atoms with E-state index in [4.69, 9.17) is 4.74 Å². The van der Waals surface area contributed by atoms with Crippen LogP contribution in [0.3, 0.4) is 0 Å². The maximum Gasteiger partial charge on any atom is 0.243 e. The van der Waals surface area contributed by atoms with E-state index in [9.17, 15) is 13.2 Å². The van der Waals surface area contributed by atoms with Gasteiger partial charge in [0, 0.05) is 52.3 Å². The lowest BCUT2D eigenvalue weighted by molar-refractivity contribution is -0.131. The first kappa shape index (κ1) is 23.2. The molecule has 2 heterocycles. The van der Waals surface area contributed by atoms with Crippen LogP contribution in [0, 0.1) is 5.92 Å². The van der Waals surface area contributed by atoms with Crippen molar-refractivity contribution >= 4 is 15.9 Å². The number of carbonyl (C=O) groups is 1. The van der Waals surface area contributed by atoms with E-state index in [-0.39, 0.29) is 29.9 Å². The molecule has 30 heavy (non-hydrogen) atoms. The topological polar surface area (TPSA) is 79.0 Å². The number of sulfonamides is 1. The first-order valence-electron chi connectivity index (χ1n) is 11.1. The normalized spacial score (nSPS) is 20.3. The third-order valence-corrected chi connectivity index (χ3v) is 7.56. The highest BCUT2D eigenvalue weighted by Gasteiger charge is 2.30. The monoisotopic (exact) mass is 437 g/mol. The van der Waals surface area contributed by atoms with Crippen molar-refractivity contribution in [2.75, 3.05) is 45.9 Å². The molecule has 0 bridgehead atoms. The molecule has 2 aliphatic rings. The summed E-state index contributed by atoms with van der Waals surface area (Å²) in [6.07, 6.45) is 2.80. The highest BCUT2D eigenvalue weighted by molar-refractivity contribution is 7.89. The fraction of sp³-hybridized carbons (Fsp3) is 0.682. The van der Waals surface area contributed by atoms with Gasteiger partial charge >= 0.3 is 0 Å². The van der Waals surface area contributed by atoms with Crippen LogP contribution in [-0.2, 0) is 26.0 Å². The fourth-order valence-corrected chi connectivity index (χ4v) is 5.51. The molecule has 1 amide bonds. The third kappa shape index (κ3) is 6.26. The van der Waals surface area contributed by atoms with Crippen LogP contribution in [0.4, 0.5) is 0 Å². The number of nitrogens with one attached hydrogen (secondary N) is 1. The molecule has 1 aromatic rings. The molecule has 2 saturated heterocycles. The molecular weight excluding hydrogens is 402 g/mol. The first-order chi connectivity index (χ1) is 14.4. The summed E-state index contributed by atoms with van der Waals surface area (Å²) in [5.74, 6) is 0.524. The molecule has 0 radical (unpaired) electrons. The molecule has 3 rings (SSSR count). The number of benzene rings is 1. The van der Waals surface area contributed by atoms with E-state index in [1.165, 1.54) is 4.31 Å². The molecule has 168 valence electrons. The van der Waals surface area contributed by atoms with E-state index >= 15 is 0 Å². The lowest BCUT2D eigenvalue weighted by atomic mass is 10.0. The number of piperazine rings is 1. The van der Waals surface area contributed by atoms with Gasteiger partial charge in [-0.1, -0.05) is 26.0 Å². The lowest BCUT2D eigenvalue weighted by Gasteiger charge is -2.29. The van der Waals surface area contributed by atoms with Crippen molar-refractivity contribution in [2.45, 2.75) is 50.5 Å². The summed E-state index contributed by atoms with van der Waals surface area (Å²) >= 11 is 0. The molecule has 1 N–H and O–H groups in total. The van der Waals surface area contributed by atoms with Gasteiger partial charge in [-0.2, -0.15) is 4.31 Å². The van der Waals surface area contributed by atoms with Gasteiger partial charge in [-0.3, -0.25) is 4.79 Å². The van der Waals surface area contributed by atoms with Gasteiger partial charge in [0.2, 0.25) is 15.9 Å². The van der Waals surface area contributed by atoms with E-state index in [0.717, 1.165) is 37.9 Å². The van der Waals surface area contributed by atoms with Gasteiger partial charge in [0.1, 0.15) is 0 Å². The Morgan fingerprint density at radius 2 is 1.93 bits per heavy atom. The second-order valence-corrected chi connectivity index (χ2v) is 10.6. The summed E-state index contributed by atoms with van der Waals surface area (Å²) in [4.78, 5) is 14.7. The van der Waals surface area contributed by atoms with Crippen LogP contribution < -0.4 is 5.32 Å².